The highest BCUT2D eigenvalue weighted by molar-refractivity contribution is 5.97. The summed E-state index contributed by atoms with van der Waals surface area (Å²) in [5.41, 5.74) is 0.219. The summed E-state index contributed by atoms with van der Waals surface area (Å²) in [5.74, 6) is 1.30. The Bertz CT molecular complexity index is 908. The molecule has 1 aromatic carbocycles. The number of carbonyl (C=O) groups is 2. The molecule has 0 bridgehead atoms. The van der Waals surface area contributed by atoms with E-state index >= 15 is 0 Å². The fraction of sp³-hybridized carbons (Fsp3) is 0.500. The number of likely N-dealkylation sites (tertiary alicyclic amines) is 1. The summed E-state index contributed by atoms with van der Waals surface area (Å²) in [5, 5.41) is 0. The predicted octanol–water partition coefficient (Wildman–Crippen LogP) is 2.17. The number of nitrogens with zero attached hydrogens (tertiary/aromatic N) is 1. The number of allylic oxidation sites excluding steroid dienone is 1. The molecule has 0 aromatic heterocycles. The van der Waals surface area contributed by atoms with E-state index in [1.165, 1.54) is 20.3 Å². The van der Waals surface area contributed by atoms with Gasteiger partial charge >= 0.3 is 6.09 Å². The summed E-state index contributed by atoms with van der Waals surface area (Å²) < 4.78 is 22.8. The van der Waals surface area contributed by atoms with Crippen LogP contribution in [0.5, 0.6) is 11.5 Å². The standard InChI is InChI=1S/C20H21NO6/c1-24-14-7-5-11-4-6-12-13(22)10-15(25-2)20-19(12,16(11)17(14)27-20)8-9-21(20)18(23)26-3/h5,7,10,12H,4,6,8-9H2,1-3H3/t12-,19+,20+/m1/s1. The molecule has 2 aliphatic carbocycles. The van der Waals surface area contributed by atoms with E-state index in [4.69, 9.17) is 18.9 Å². The summed E-state index contributed by atoms with van der Waals surface area (Å²) >= 11 is 0. The fourth-order valence-electron chi connectivity index (χ4n) is 5.78. The Morgan fingerprint density at radius 1 is 1.26 bits per heavy atom. The molecule has 2 aliphatic heterocycles. The summed E-state index contributed by atoms with van der Waals surface area (Å²) in [6.45, 7) is 0.424. The zero-order chi connectivity index (χ0) is 19.0. The topological polar surface area (TPSA) is 74.3 Å². The van der Waals surface area contributed by atoms with Crippen LogP contribution in [0.15, 0.2) is 24.0 Å². The molecule has 27 heavy (non-hydrogen) atoms. The number of carbonyl (C=O) groups excluding carboxylic acids is 2. The Labute approximate surface area is 156 Å². The number of ketones is 1. The van der Waals surface area contributed by atoms with Crippen LogP contribution in [0.25, 0.3) is 0 Å². The first kappa shape index (κ1) is 16.5. The summed E-state index contributed by atoms with van der Waals surface area (Å²) in [4.78, 5) is 27.3. The molecule has 1 saturated heterocycles. The maximum absolute atomic E-state index is 13.0. The van der Waals surface area contributed by atoms with Gasteiger partial charge < -0.3 is 18.9 Å². The van der Waals surface area contributed by atoms with Crippen LogP contribution < -0.4 is 9.47 Å². The minimum atomic E-state index is -1.22. The quantitative estimate of drug-likeness (QED) is 0.793. The average molecular weight is 371 g/mol. The molecule has 1 aromatic rings. The average Bonchev–Trinajstić information content (AvgIpc) is 3.17. The van der Waals surface area contributed by atoms with Crippen molar-refractivity contribution in [1.82, 2.24) is 4.90 Å². The first-order valence-electron chi connectivity index (χ1n) is 9.10. The van der Waals surface area contributed by atoms with Gasteiger partial charge in [0.05, 0.1) is 26.7 Å². The van der Waals surface area contributed by atoms with Crippen molar-refractivity contribution in [3.63, 3.8) is 0 Å². The number of aryl methyl sites for hydroxylation is 1. The molecule has 1 fully saturated rings. The Balaban J connectivity index is 1.87. The molecular weight excluding hydrogens is 350 g/mol. The second-order valence-electron chi connectivity index (χ2n) is 7.43. The first-order valence-corrected chi connectivity index (χ1v) is 9.10. The minimum absolute atomic E-state index is 0.0270. The fourth-order valence-corrected chi connectivity index (χ4v) is 5.78. The summed E-state index contributed by atoms with van der Waals surface area (Å²) in [6, 6.07) is 3.92. The molecule has 3 atom stereocenters. The zero-order valence-electron chi connectivity index (χ0n) is 15.5. The maximum atomic E-state index is 13.0. The van der Waals surface area contributed by atoms with Crippen molar-refractivity contribution in [3.8, 4) is 11.5 Å². The highest BCUT2D eigenvalue weighted by atomic mass is 16.6. The third kappa shape index (κ3) is 1.60. The smallest absolute Gasteiger partial charge is 0.413 e. The van der Waals surface area contributed by atoms with Gasteiger partial charge in [-0.15, -0.1) is 0 Å². The van der Waals surface area contributed by atoms with Crippen molar-refractivity contribution in [2.45, 2.75) is 30.4 Å². The molecule has 2 heterocycles. The number of ether oxygens (including phenoxy) is 4. The van der Waals surface area contributed by atoms with Crippen molar-refractivity contribution in [2.75, 3.05) is 27.9 Å². The van der Waals surface area contributed by atoms with Crippen molar-refractivity contribution >= 4 is 11.9 Å². The third-order valence-electron chi connectivity index (χ3n) is 6.70. The SMILES string of the molecule is COC(=O)N1CC[C@]23c4c5ccc(OC)c4O[C@]12C(OC)=CC(=O)[C@H]3CC5. The van der Waals surface area contributed by atoms with Crippen LogP contribution in [0.4, 0.5) is 4.79 Å². The van der Waals surface area contributed by atoms with Crippen LogP contribution in [-0.4, -0.2) is 50.4 Å². The Kier molecular flexibility index (Phi) is 3.16. The minimum Gasteiger partial charge on any atom is -0.495 e. The zero-order valence-corrected chi connectivity index (χ0v) is 15.5. The molecule has 5 rings (SSSR count). The molecule has 0 N–H and O–H groups in total. The van der Waals surface area contributed by atoms with Gasteiger partial charge in [0.1, 0.15) is 0 Å². The highest BCUT2D eigenvalue weighted by Gasteiger charge is 2.77. The maximum Gasteiger partial charge on any atom is 0.413 e. The number of hydrogen-bond donors (Lipinski definition) is 0. The highest BCUT2D eigenvalue weighted by Crippen LogP contribution is 2.69. The molecule has 7 heteroatoms. The van der Waals surface area contributed by atoms with Gasteiger partial charge in [-0.2, -0.15) is 0 Å². The number of hydrogen-bond acceptors (Lipinski definition) is 6. The normalized spacial score (nSPS) is 32.3. The monoisotopic (exact) mass is 371 g/mol. The van der Waals surface area contributed by atoms with Gasteiger partial charge in [-0.25, -0.2) is 4.79 Å². The number of methoxy groups -OCH3 is 3. The molecule has 7 nitrogen and oxygen atoms in total. The van der Waals surface area contributed by atoms with Crippen LogP contribution >= 0.6 is 0 Å². The molecule has 1 amide bonds. The van der Waals surface area contributed by atoms with Crippen LogP contribution in [0.2, 0.25) is 0 Å². The molecule has 0 radical (unpaired) electrons. The lowest BCUT2D eigenvalue weighted by Gasteiger charge is -2.50. The van der Waals surface area contributed by atoms with Gasteiger partial charge in [-0.3, -0.25) is 9.69 Å². The first-order chi connectivity index (χ1) is 13.0. The van der Waals surface area contributed by atoms with Crippen molar-refractivity contribution in [2.24, 2.45) is 5.92 Å². The van der Waals surface area contributed by atoms with Crippen LogP contribution in [-0.2, 0) is 26.1 Å². The van der Waals surface area contributed by atoms with E-state index in [1.807, 2.05) is 12.1 Å². The Morgan fingerprint density at radius 3 is 2.78 bits per heavy atom. The predicted molar refractivity (Wildman–Crippen MR) is 93.7 cm³/mol. The number of benzene rings is 1. The van der Waals surface area contributed by atoms with Crippen LogP contribution in [0.1, 0.15) is 24.0 Å². The molecule has 4 aliphatic rings. The lowest BCUT2D eigenvalue weighted by molar-refractivity contribution is -0.135. The lowest BCUT2D eigenvalue weighted by atomic mass is 9.55. The van der Waals surface area contributed by atoms with Crippen molar-refractivity contribution in [3.05, 3.63) is 35.1 Å². The van der Waals surface area contributed by atoms with E-state index in [0.29, 0.717) is 36.6 Å². The van der Waals surface area contributed by atoms with E-state index < -0.39 is 17.2 Å². The van der Waals surface area contributed by atoms with E-state index in [2.05, 4.69) is 0 Å². The van der Waals surface area contributed by atoms with Gasteiger partial charge in [-0.1, -0.05) is 6.07 Å². The second kappa shape index (κ2) is 5.18. The van der Waals surface area contributed by atoms with Gasteiger partial charge in [-0.05, 0) is 30.9 Å². The largest absolute Gasteiger partial charge is 0.495 e. The van der Waals surface area contributed by atoms with E-state index in [9.17, 15) is 9.59 Å². The van der Waals surface area contributed by atoms with E-state index in [-0.39, 0.29) is 11.7 Å². The van der Waals surface area contributed by atoms with Gasteiger partial charge in [0.2, 0.25) is 0 Å². The summed E-state index contributed by atoms with van der Waals surface area (Å²) in [6.07, 6.45) is 3.10. The van der Waals surface area contributed by atoms with Crippen LogP contribution in [0, 0.1) is 5.92 Å². The lowest BCUT2D eigenvalue weighted by Crippen LogP contribution is -2.66. The Hall–Kier alpha value is -2.70. The third-order valence-corrected chi connectivity index (χ3v) is 6.70. The van der Waals surface area contributed by atoms with Crippen molar-refractivity contribution in [1.29, 1.82) is 0 Å². The molecule has 1 spiro atoms. The van der Waals surface area contributed by atoms with Gasteiger partial charge in [0, 0.05) is 24.1 Å². The van der Waals surface area contributed by atoms with E-state index in [0.717, 1.165) is 17.5 Å². The second-order valence-corrected chi connectivity index (χ2v) is 7.43. The van der Waals surface area contributed by atoms with Gasteiger partial charge in [0.15, 0.2) is 23.0 Å². The van der Waals surface area contributed by atoms with E-state index in [1.54, 1.807) is 12.0 Å². The molecule has 142 valence electrons. The number of rotatable bonds is 2. The van der Waals surface area contributed by atoms with Crippen molar-refractivity contribution < 1.29 is 28.5 Å². The number of amides is 1. The Morgan fingerprint density at radius 2 is 2.07 bits per heavy atom. The van der Waals surface area contributed by atoms with Gasteiger partial charge in [0.25, 0.3) is 5.72 Å². The summed E-state index contributed by atoms with van der Waals surface area (Å²) in [7, 11) is 4.44. The van der Waals surface area contributed by atoms with Crippen LogP contribution in [0.3, 0.4) is 0 Å². The molecule has 0 saturated carbocycles. The molecule has 0 unspecified atom stereocenters. The molecular formula is C20H21NO6.